The van der Waals surface area contributed by atoms with E-state index in [4.69, 9.17) is 0 Å². The van der Waals surface area contributed by atoms with Gasteiger partial charge in [-0.3, -0.25) is 4.79 Å². The zero-order valence-electron chi connectivity index (χ0n) is 14.1. The molecule has 2 atom stereocenters. The van der Waals surface area contributed by atoms with Gasteiger partial charge < -0.3 is 10.6 Å². The Bertz CT molecular complexity index is 398. The molecule has 5 aliphatic rings. The average molecular weight is 304 g/mol. The Morgan fingerprint density at radius 2 is 1.73 bits per heavy atom. The standard InChI is InChI=1S/C19H32N2O/c1-13-6-17(2-4-20-13)18(22)21-5-3-19-10-14-7-15(11-19)9-16(8-14)12-19/h13-17,20H,2-12H2,1H3,(H,21,22)/t13-,14?,15?,16?,17-,19?/m0/s1. The molecule has 1 aliphatic heterocycles. The maximum atomic E-state index is 12.4. The highest BCUT2D eigenvalue weighted by Gasteiger charge is 2.50. The third-order valence-corrected chi connectivity index (χ3v) is 7.11. The van der Waals surface area contributed by atoms with E-state index in [0.29, 0.717) is 17.4 Å². The predicted molar refractivity (Wildman–Crippen MR) is 88.4 cm³/mol. The molecule has 4 bridgehead atoms. The van der Waals surface area contributed by atoms with Gasteiger partial charge in [0, 0.05) is 18.5 Å². The highest BCUT2D eigenvalue weighted by Crippen LogP contribution is 2.61. The number of nitrogens with one attached hydrogen (secondary N) is 2. The number of rotatable bonds is 4. The number of amides is 1. The smallest absolute Gasteiger partial charge is 0.223 e. The van der Waals surface area contributed by atoms with E-state index in [-0.39, 0.29) is 5.92 Å². The molecule has 0 unspecified atom stereocenters. The lowest BCUT2D eigenvalue weighted by atomic mass is 9.49. The third-order valence-electron chi connectivity index (χ3n) is 7.11. The number of piperidine rings is 1. The van der Waals surface area contributed by atoms with E-state index >= 15 is 0 Å². The normalized spacial score (nSPS) is 46.7. The van der Waals surface area contributed by atoms with Crippen molar-refractivity contribution in [3.05, 3.63) is 0 Å². The Morgan fingerprint density at radius 1 is 1.09 bits per heavy atom. The zero-order chi connectivity index (χ0) is 15.2. The van der Waals surface area contributed by atoms with Crippen molar-refractivity contribution in [2.24, 2.45) is 29.1 Å². The first-order chi connectivity index (χ1) is 10.6. The van der Waals surface area contributed by atoms with Crippen molar-refractivity contribution in [2.45, 2.75) is 70.8 Å². The van der Waals surface area contributed by atoms with Crippen LogP contribution >= 0.6 is 0 Å². The summed E-state index contributed by atoms with van der Waals surface area (Å²) < 4.78 is 0. The number of carbonyl (C=O) groups excluding carboxylic acids is 1. The van der Waals surface area contributed by atoms with Crippen LogP contribution in [0.1, 0.15) is 64.7 Å². The van der Waals surface area contributed by atoms with Crippen molar-refractivity contribution < 1.29 is 4.79 Å². The van der Waals surface area contributed by atoms with E-state index in [9.17, 15) is 4.79 Å². The second kappa shape index (κ2) is 5.81. The van der Waals surface area contributed by atoms with Gasteiger partial charge in [-0.2, -0.15) is 0 Å². The van der Waals surface area contributed by atoms with Crippen LogP contribution in [0.25, 0.3) is 0 Å². The Labute approximate surface area is 135 Å². The van der Waals surface area contributed by atoms with Crippen LogP contribution in [0.3, 0.4) is 0 Å². The molecule has 5 fully saturated rings. The number of carbonyl (C=O) groups is 1. The predicted octanol–water partition coefficient (Wildman–Crippen LogP) is 3.10. The first-order valence-corrected chi connectivity index (χ1v) is 9.63. The Kier molecular flexibility index (Phi) is 3.96. The number of hydrogen-bond donors (Lipinski definition) is 2. The molecule has 0 radical (unpaired) electrons. The first kappa shape index (κ1) is 15.0. The second-order valence-electron chi connectivity index (χ2n) is 9.04. The summed E-state index contributed by atoms with van der Waals surface area (Å²) in [6.45, 7) is 4.10. The van der Waals surface area contributed by atoms with E-state index in [2.05, 4.69) is 17.6 Å². The van der Waals surface area contributed by atoms with E-state index in [1.807, 2.05) is 0 Å². The largest absolute Gasteiger partial charge is 0.356 e. The molecule has 0 spiro atoms. The van der Waals surface area contributed by atoms with Gasteiger partial charge in [-0.15, -0.1) is 0 Å². The molecule has 0 aromatic rings. The Balaban J connectivity index is 1.27. The fourth-order valence-corrected chi connectivity index (χ4v) is 6.56. The molecule has 124 valence electrons. The molecule has 4 saturated carbocycles. The van der Waals surface area contributed by atoms with Gasteiger partial charge in [0.05, 0.1) is 0 Å². The third kappa shape index (κ3) is 2.93. The van der Waals surface area contributed by atoms with E-state index in [1.54, 1.807) is 0 Å². The fraction of sp³-hybridized carbons (Fsp3) is 0.947. The van der Waals surface area contributed by atoms with Gasteiger partial charge in [0.1, 0.15) is 0 Å². The monoisotopic (exact) mass is 304 g/mol. The van der Waals surface area contributed by atoms with E-state index < -0.39 is 0 Å². The molecular formula is C19H32N2O. The summed E-state index contributed by atoms with van der Waals surface area (Å²) in [6.07, 6.45) is 12.2. The van der Waals surface area contributed by atoms with E-state index in [0.717, 1.165) is 43.7 Å². The molecule has 0 aromatic heterocycles. The molecule has 5 rings (SSSR count). The van der Waals surface area contributed by atoms with Crippen LogP contribution < -0.4 is 10.6 Å². The Morgan fingerprint density at radius 3 is 2.32 bits per heavy atom. The van der Waals surface area contributed by atoms with Crippen LogP contribution in [0.4, 0.5) is 0 Å². The van der Waals surface area contributed by atoms with Crippen LogP contribution in [0.5, 0.6) is 0 Å². The lowest BCUT2D eigenvalue weighted by molar-refractivity contribution is -0.126. The quantitative estimate of drug-likeness (QED) is 0.838. The highest BCUT2D eigenvalue weighted by molar-refractivity contribution is 5.78. The molecule has 0 aromatic carbocycles. The van der Waals surface area contributed by atoms with Crippen molar-refractivity contribution in [1.82, 2.24) is 10.6 Å². The van der Waals surface area contributed by atoms with Gasteiger partial charge in [-0.1, -0.05) is 0 Å². The molecule has 4 aliphatic carbocycles. The highest BCUT2D eigenvalue weighted by atomic mass is 16.1. The minimum Gasteiger partial charge on any atom is -0.356 e. The van der Waals surface area contributed by atoms with Gasteiger partial charge in [-0.25, -0.2) is 0 Å². The summed E-state index contributed by atoms with van der Waals surface area (Å²) in [6, 6.07) is 0.493. The summed E-state index contributed by atoms with van der Waals surface area (Å²) in [4.78, 5) is 12.4. The summed E-state index contributed by atoms with van der Waals surface area (Å²) >= 11 is 0. The molecule has 3 nitrogen and oxygen atoms in total. The van der Waals surface area contributed by atoms with E-state index in [1.165, 1.54) is 44.9 Å². The minimum atomic E-state index is 0.243. The van der Waals surface area contributed by atoms with Crippen molar-refractivity contribution in [1.29, 1.82) is 0 Å². The van der Waals surface area contributed by atoms with Gasteiger partial charge in [0.25, 0.3) is 0 Å². The molecule has 3 heteroatoms. The minimum absolute atomic E-state index is 0.243. The van der Waals surface area contributed by atoms with Gasteiger partial charge in [-0.05, 0) is 94.4 Å². The number of hydrogen-bond acceptors (Lipinski definition) is 2. The van der Waals surface area contributed by atoms with Crippen LogP contribution in [0, 0.1) is 29.1 Å². The SMILES string of the molecule is C[C@H]1C[C@@H](C(=O)NCCC23CC4CC(CC(C4)C2)C3)CCN1. The first-order valence-electron chi connectivity index (χ1n) is 9.63. The summed E-state index contributed by atoms with van der Waals surface area (Å²) in [5.41, 5.74) is 0.601. The fourth-order valence-electron chi connectivity index (χ4n) is 6.56. The maximum absolute atomic E-state index is 12.4. The van der Waals surface area contributed by atoms with Crippen molar-refractivity contribution >= 4 is 5.91 Å². The topological polar surface area (TPSA) is 41.1 Å². The summed E-state index contributed by atoms with van der Waals surface area (Å²) in [5, 5.41) is 6.71. The molecule has 2 N–H and O–H groups in total. The molecular weight excluding hydrogens is 272 g/mol. The summed E-state index contributed by atoms with van der Waals surface area (Å²) in [5.74, 6) is 3.62. The molecule has 1 saturated heterocycles. The lowest BCUT2D eigenvalue weighted by Crippen LogP contribution is -2.48. The summed E-state index contributed by atoms with van der Waals surface area (Å²) in [7, 11) is 0. The zero-order valence-corrected chi connectivity index (χ0v) is 14.1. The van der Waals surface area contributed by atoms with Crippen LogP contribution in [-0.4, -0.2) is 25.0 Å². The Hall–Kier alpha value is -0.570. The average Bonchev–Trinajstić information content (AvgIpc) is 2.45. The van der Waals surface area contributed by atoms with Gasteiger partial charge in [0.2, 0.25) is 5.91 Å². The second-order valence-corrected chi connectivity index (χ2v) is 9.04. The molecule has 1 amide bonds. The lowest BCUT2D eigenvalue weighted by Gasteiger charge is -2.57. The molecule has 22 heavy (non-hydrogen) atoms. The van der Waals surface area contributed by atoms with Crippen molar-refractivity contribution in [3.63, 3.8) is 0 Å². The van der Waals surface area contributed by atoms with Crippen LogP contribution in [0.2, 0.25) is 0 Å². The van der Waals surface area contributed by atoms with Crippen LogP contribution in [0.15, 0.2) is 0 Å². The maximum Gasteiger partial charge on any atom is 0.223 e. The van der Waals surface area contributed by atoms with Crippen LogP contribution in [-0.2, 0) is 4.79 Å². The van der Waals surface area contributed by atoms with Gasteiger partial charge in [0.15, 0.2) is 0 Å². The molecule has 1 heterocycles. The van der Waals surface area contributed by atoms with Crippen molar-refractivity contribution in [3.8, 4) is 0 Å². The van der Waals surface area contributed by atoms with Crippen molar-refractivity contribution in [2.75, 3.05) is 13.1 Å². The van der Waals surface area contributed by atoms with Gasteiger partial charge >= 0.3 is 0 Å².